The van der Waals surface area contributed by atoms with Crippen LogP contribution in [0.4, 0.5) is 0 Å². The Bertz CT molecular complexity index is 547. The van der Waals surface area contributed by atoms with Crippen LogP contribution in [0.5, 0.6) is 0 Å². The van der Waals surface area contributed by atoms with Crippen molar-refractivity contribution >= 4 is 28.6 Å². The molecule has 22 heavy (non-hydrogen) atoms. The number of nitrogens with zero attached hydrogens (tertiary/aromatic N) is 2. The molecule has 0 saturated carbocycles. The Morgan fingerprint density at radius 1 is 1.18 bits per heavy atom. The molecule has 0 spiro atoms. The molecule has 2 N–H and O–H groups in total. The lowest BCUT2D eigenvalue weighted by atomic mass is 10.2. The van der Waals surface area contributed by atoms with Crippen LogP contribution >= 0.6 is 22.7 Å². The Morgan fingerprint density at radius 2 is 1.95 bits per heavy atom. The van der Waals surface area contributed by atoms with Gasteiger partial charge in [-0.15, -0.1) is 22.7 Å². The van der Waals surface area contributed by atoms with Crippen molar-refractivity contribution in [3.05, 3.63) is 44.8 Å². The number of hydrogen-bond acceptors (Lipinski definition) is 4. The summed E-state index contributed by atoms with van der Waals surface area (Å²) in [6, 6.07) is 8.90. The largest absolute Gasteiger partial charge is 0.356 e. The van der Waals surface area contributed by atoms with Crippen LogP contribution in [-0.4, -0.2) is 45.1 Å². The molecule has 120 valence electrons. The Morgan fingerprint density at radius 3 is 2.55 bits per heavy atom. The van der Waals surface area contributed by atoms with E-state index in [-0.39, 0.29) is 0 Å². The summed E-state index contributed by atoms with van der Waals surface area (Å²) in [6.07, 6.45) is 1.03. The third-order valence-corrected chi connectivity index (χ3v) is 5.34. The van der Waals surface area contributed by atoms with Gasteiger partial charge in [0.1, 0.15) is 0 Å². The molecule has 2 rings (SSSR count). The van der Waals surface area contributed by atoms with E-state index in [9.17, 15) is 0 Å². The van der Waals surface area contributed by atoms with Crippen molar-refractivity contribution in [3.8, 4) is 0 Å². The highest BCUT2D eigenvalue weighted by Crippen LogP contribution is 2.22. The van der Waals surface area contributed by atoms with Crippen LogP contribution < -0.4 is 10.6 Å². The minimum absolute atomic E-state index is 0.357. The monoisotopic (exact) mass is 336 g/mol. The van der Waals surface area contributed by atoms with Crippen LogP contribution in [0.2, 0.25) is 0 Å². The smallest absolute Gasteiger partial charge is 0.191 e. The van der Waals surface area contributed by atoms with Gasteiger partial charge in [-0.1, -0.05) is 12.1 Å². The summed E-state index contributed by atoms with van der Waals surface area (Å²) in [4.78, 5) is 9.30. The molecular formula is C16H24N4S2. The van der Waals surface area contributed by atoms with Crippen molar-refractivity contribution in [2.45, 2.75) is 12.5 Å². The summed E-state index contributed by atoms with van der Waals surface area (Å²) in [7, 11) is 6.04. The minimum atomic E-state index is 0.357. The Labute approximate surface area is 140 Å². The van der Waals surface area contributed by atoms with Crippen LogP contribution in [0, 0.1) is 0 Å². The first-order valence-corrected chi connectivity index (χ1v) is 9.13. The zero-order chi connectivity index (χ0) is 15.8. The van der Waals surface area contributed by atoms with E-state index in [1.54, 1.807) is 22.7 Å². The number of aliphatic imine (C=N–C) groups is 1. The lowest BCUT2D eigenvalue weighted by molar-refractivity contribution is 0.302. The van der Waals surface area contributed by atoms with Crippen molar-refractivity contribution in [1.29, 1.82) is 0 Å². The summed E-state index contributed by atoms with van der Waals surface area (Å²) in [5.74, 6) is 0.861. The summed E-state index contributed by atoms with van der Waals surface area (Å²) >= 11 is 3.59. The zero-order valence-electron chi connectivity index (χ0n) is 13.4. The van der Waals surface area contributed by atoms with Gasteiger partial charge < -0.3 is 15.5 Å². The quantitative estimate of drug-likeness (QED) is 0.603. The van der Waals surface area contributed by atoms with Gasteiger partial charge in [0.2, 0.25) is 0 Å². The number of likely N-dealkylation sites (N-methyl/N-ethyl adjacent to an activating group) is 1. The van der Waals surface area contributed by atoms with Crippen molar-refractivity contribution in [1.82, 2.24) is 15.5 Å². The van der Waals surface area contributed by atoms with E-state index >= 15 is 0 Å². The highest BCUT2D eigenvalue weighted by atomic mass is 32.1. The molecule has 1 atom stereocenters. The molecule has 0 aliphatic carbocycles. The first-order valence-electron chi connectivity index (χ1n) is 7.37. The van der Waals surface area contributed by atoms with Gasteiger partial charge >= 0.3 is 0 Å². The fourth-order valence-corrected chi connectivity index (χ4v) is 3.82. The molecule has 1 unspecified atom stereocenters. The van der Waals surface area contributed by atoms with E-state index in [0.717, 1.165) is 25.5 Å². The second-order valence-electron chi connectivity index (χ2n) is 5.20. The van der Waals surface area contributed by atoms with E-state index in [0.29, 0.717) is 6.04 Å². The van der Waals surface area contributed by atoms with Gasteiger partial charge in [-0.05, 0) is 43.4 Å². The van der Waals surface area contributed by atoms with E-state index in [4.69, 9.17) is 0 Å². The Balaban J connectivity index is 1.79. The topological polar surface area (TPSA) is 39.7 Å². The summed E-state index contributed by atoms with van der Waals surface area (Å²) in [5, 5.41) is 11.0. The zero-order valence-corrected chi connectivity index (χ0v) is 15.0. The average molecular weight is 337 g/mol. The summed E-state index contributed by atoms with van der Waals surface area (Å²) in [6.45, 7) is 1.73. The van der Waals surface area contributed by atoms with Gasteiger partial charge in [0.25, 0.3) is 0 Å². The second-order valence-corrected chi connectivity index (χ2v) is 7.22. The van der Waals surface area contributed by atoms with Crippen molar-refractivity contribution in [2.24, 2.45) is 4.99 Å². The fourth-order valence-electron chi connectivity index (χ4n) is 2.19. The molecule has 4 nitrogen and oxygen atoms in total. The number of guanidine groups is 1. The molecular weight excluding hydrogens is 312 g/mol. The molecule has 0 aliphatic rings. The second kappa shape index (κ2) is 8.92. The molecule has 0 radical (unpaired) electrons. The predicted molar refractivity (Wildman–Crippen MR) is 98.1 cm³/mol. The molecule has 0 aromatic carbocycles. The van der Waals surface area contributed by atoms with Gasteiger partial charge in [0, 0.05) is 29.9 Å². The maximum atomic E-state index is 4.30. The van der Waals surface area contributed by atoms with Crippen LogP contribution in [0.1, 0.15) is 15.8 Å². The van der Waals surface area contributed by atoms with E-state index in [2.05, 4.69) is 69.6 Å². The number of rotatable bonds is 7. The Kier molecular flexibility index (Phi) is 6.89. The third kappa shape index (κ3) is 5.12. The third-order valence-electron chi connectivity index (χ3n) is 3.43. The van der Waals surface area contributed by atoms with Gasteiger partial charge in [0.15, 0.2) is 5.96 Å². The molecule has 2 aromatic heterocycles. The molecule has 0 bridgehead atoms. The SMILES string of the molecule is CN=C(NCCc1cccs1)NCC(c1cccs1)N(C)C. The maximum Gasteiger partial charge on any atom is 0.191 e. The van der Waals surface area contributed by atoms with Crippen LogP contribution in [0.25, 0.3) is 0 Å². The lowest BCUT2D eigenvalue weighted by Crippen LogP contribution is -2.42. The standard InChI is InChI=1S/C16H24N4S2/c1-17-16(18-9-8-13-6-4-10-21-13)19-12-14(20(2)3)15-7-5-11-22-15/h4-7,10-11,14H,8-9,12H2,1-3H3,(H2,17,18,19). The van der Waals surface area contributed by atoms with E-state index in [1.807, 2.05) is 7.05 Å². The minimum Gasteiger partial charge on any atom is -0.356 e. The van der Waals surface area contributed by atoms with E-state index < -0.39 is 0 Å². The fraction of sp³-hybridized carbons (Fsp3) is 0.438. The molecule has 2 aromatic rings. The predicted octanol–water partition coefficient (Wildman–Crippen LogP) is 2.82. The highest BCUT2D eigenvalue weighted by molar-refractivity contribution is 7.10. The number of hydrogen-bond donors (Lipinski definition) is 2. The van der Waals surface area contributed by atoms with Gasteiger partial charge in [-0.25, -0.2) is 0 Å². The Hall–Kier alpha value is -1.37. The molecule has 0 amide bonds. The normalized spacial score (nSPS) is 13.4. The first kappa shape index (κ1) is 17.0. The molecule has 0 saturated heterocycles. The van der Waals surface area contributed by atoms with Crippen LogP contribution in [0.3, 0.4) is 0 Å². The number of nitrogens with one attached hydrogen (secondary N) is 2. The van der Waals surface area contributed by atoms with Crippen LogP contribution in [0.15, 0.2) is 40.0 Å². The van der Waals surface area contributed by atoms with Crippen LogP contribution in [-0.2, 0) is 6.42 Å². The van der Waals surface area contributed by atoms with E-state index in [1.165, 1.54) is 9.75 Å². The van der Waals surface area contributed by atoms with Gasteiger partial charge in [-0.3, -0.25) is 4.99 Å². The highest BCUT2D eigenvalue weighted by Gasteiger charge is 2.15. The maximum absolute atomic E-state index is 4.30. The van der Waals surface area contributed by atoms with Crippen molar-refractivity contribution < 1.29 is 0 Å². The lowest BCUT2D eigenvalue weighted by Gasteiger charge is -2.24. The molecule has 2 heterocycles. The van der Waals surface area contributed by atoms with Crippen molar-refractivity contribution in [3.63, 3.8) is 0 Å². The molecule has 6 heteroatoms. The molecule has 0 fully saturated rings. The van der Waals surface area contributed by atoms with Crippen molar-refractivity contribution in [2.75, 3.05) is 34.2 Å². The number of thiophene rings is 2. The average Bonchev–Trinajstić information content (AvgIpc) is 3.18. The molecule has 0 aliphatic heterocycles. The first-order chi connectivity index (χ1) is 10.7. The summed E-state index contributed by atoms with van der Waals surface area (Å²) < 4.78 is 0. The summed E-state index contributed by atoms with van der Waals surface area (Å²) in [5.41, 5.74) is 0. The van der Waals surface area contributed by atoms with Gasteiger partial charge in [0.05, 0.1) is 6.04 Å². The van der Waals surface area contributed by atoms with Gasteiger partial charge in [-0.2, -0.15) is 0 Å².